The van der Waals surface area contributed by atoms with Crippen LogP contribution >= 0.6 is 11.3 Å². The van der Waals surface area contributed by atoms with Gasteiger partial charge in [0, 0.05) is 11.9 Å². The van der Waals surface area contributed by atoms with Crippen LogP contribution in [0.1, 0.15) is 23.7 Å². The summed E-state index contributed by atoms with van der Waals surface area (Å²) in [6.45, 7) is 7.99. The van der Waals surface area contributed by atoms with Crippen LogP contribution in [0.3, 0.4) is 0 Å². The lowest BCUT2D eigenvalue weighted by molar-refractivity contribution is 0.0392. The molecule has 1 atom stereocenters. The lowest BCUT2D eigenvalue weighted by Gasteiger charge is -2.32. The molecule has 1 unspecified atom stereocenters. The van der Waals surface area contributed by atoms with Crippen LogP contribution in [-0.4, -0.2) is 49.9 Å². The molecule has 4 heterocycles. The number of rotatable bonds is 3. The van der Waals surface area contributed by atoms with Gasteiger partial charge in [-0.25, -0.2) is 4.98 Å². The van der Waals surface area contributed by atoms with Gasteiger partial charge in [-0.1, -0.05) is 6.58 Å². The second kappa shape index (κ2) is 5.67. The Bertz CT molecular complexity index is 858. The highest BCUT2D eigenvalue weighted by molar-refractivity contribution is 7.09. The van der Waals surface area contributed by atoms with E-state index in [1.807, 2.05) is 24.4 Å². The quantitative estimate of drug-likeness (QED) is 0.721. The molecule has 3 aromatic rings. The van der Waals surface area contributed by atoms with Crippen molar-refractivity contribution in [3.63, 3.8) is 0 Å². The Kier molecular flexibility index (Phi) is 3.50. The number of fused-ring (bicyclic) bond motifs is 1. The zero-order valence-corrected chi connectivity index (χ0v) is 13.4. The Balaban J connectivity index is 1.57. The van der Waals surface area contributed by atoms with Gasteiger partial charge in [-0.2, -0.15) is 0 Å². The number of thiazole rings is 1. The van der Waals surface area contributed by atoms with Crippen molar-refractivity contribution in [1.82, 2.24) is 30.2 Å². The van der Waals surface area contributed by atoms with E-state index in [0.717, 1.165) is 28.6 Å². The Morgan fingerprint density at radius 2 is 2.35 bits per heavy atom. The van der Waals surface area contributed by atoms with Gasteiger partial charge in [0.25, 0.3) is 0 Å². The van der Waals surface area contributed by atoms with Crippen molar-refractivity contribution in [2.45, 2.75) is 13.0 Å². The number of nitrogens with zero attached hydrogens (tertiary/aromatic N) is 7. The van der Waals surface area contributed by atoms with E-state index in [9.17, 15) is 0 Å². The largest absolute Gasteiger partial charge is 0.367 e. The summed E-state index contributed by atoms with van der Waals surface area (Å²) in [6.07, 6.45) is -0.0618. The second-order valence-electron chi connectivity index (χ2n) is 5.37. The Labute approximate surface area is 136 Å². The van der Waals surface area contributed by atoms with Gasteiger partial charge < -0.3 is 9.64 Å². The molecule has 1 aliphatic rings. The molecule has 0 aliphatic carbocycles. The lowest BCUT2D eigenvalue weighted by atomic mass is 10.2. The smallest absolute Gasteiger partial charge is 0.200 e. The van der Waals surface area contributed by atoms with Crippen LogP contribution in [0, 0.1) is 0 Å². The molecule has 8 nitrogen and oxygen atoms in total. The first-order valence-corrected chi connectivity index (χ1v) is 8.12. The Morgan fingerprint density at radius 1 is 1.43 bits per heavy atom. The van der Waals surface area contributed by atoms with Crippen molar-refractivity contribution in [3.05, 3.63) is 34.8 Å². The normalized spacial score (nSPS) is 18.5. The van der Waals surface area contributed by atoms with Crippen LogP contribution in [-0.2, 0) is 4.74 Å². The van der Waals surface area contributed by atoms with Gasteiger partial charge in [0.15, 0.2) is 11.5 Å². The highest BCUT2D eigenvalue weighted by Crippen LogP contribution is 2.28. The number of ether oxygens (including phenoxy) is 1. The van der Waals surface area contributed by atoms with Crippen molar-refractivity contribution in [2.24, 2.45) is 0 Å². The van der Waals surface area contributed by atoms with Crippen molar-refractivity contribution in [1.29, 1.82) is 0 Å². The number of morpholine rings is 1. The predicted molar refractivity (Wildman–Crippen MR) is 86.3 cm³/mol. The minimum Gasteiger partial charge on any atom is -0.367 e. The fourth-order valence-electron chi connectivity index (χ4n) is 2.45. The molecule has 0 N–H and O–H groups in total. The molecule has 0 amide bonds. The second-order valence-corrected chi connectivity index (χ2v) is 6.26. The maximum atomic E-state index is 5.88. The summed E-state index contributed by atoms with van der Waals surface area (Å²) in [5.41, 5.74) is 2.52. The van der Waals surface area contributed by atoms with E-state index >= 15 is 0 Å². The highest BCUT2D eigenvalue weighted by atomic mass is 32.1. The molecular weight excluding hydrogens is 314 g/mol. The summed E-state index contributed by atoms with van der Waals surface area (Å²) in [5, 5.41) is 18.7. The predicted octanol–water partition coefficient (Wildman–Crippen LogP) is 1.59. The zero-order chi connectivity index (χ0) is 15.8. The van der Waals surface area contributed by atoms with Gasteiger partial charge in [-0.15, -0.1) is 26.2 Å². The van der Waals surface area contributed by atoms with Gasteiger partial charge in [-0.05, 0) is 35.1 Å². The van der Waals surface area contributed by atoms with E-state index in [0.29, 0.717) is 18.8 Å². The minimum atomic E-state index is -0.0618. The molecule has 0 spiro atoms. The monoisotopic (exact) mass is 329 g/mol. The highest BCUT2D eigenvalue weighted by Gasteiger charge is 2.25. The van der Waals surface area contributed by atoms with Crippen molar-refractivity contribution in [2.75, 3.05) is 24.6 Å². The van der Waals surface area contributed by atoms with Gasteiger partial charge in [0.2, 0.25) is 0 Å². The summed E-state index contributed by atoms with van der Waals surface area (Å²) in [6, 6.07) is 3.78. The lowest BCUT2D eigenvalue weighted by Crippen LogP contribution is -2.39. The van der Waals surface area contributed by atoms with E-state index in [1.165, 1.54) is 4.63 Å². The summed E-state index contributed by atoms with van der Waals surface area (Å²) in [7, 11) is 0. The fraction of sp³-hybridized carbons (Fsp3) is 0.357. The summed E-state index contributed by atoms with van der Waals surface area (Å²) < 4.78 is 7.32. The van der Waals surface area contributed by atoms with Crippen molar-refractivity contribution in [3.8, 4) is 0 Å². The van der Waals surface area contributed by atoms with E-state index in [4.69, 9.17) is 4.74 Å². The third kappa shape index (κ3) is 2.68. The standard InChI is InChI=1S/C14H15N7OS/c1-9(2)10-8-23-14(15-10)11-7-20(5-6-22-11)13-4-3-12-16-18-19-21(12)17-13/h3-4,8,11H,1,5-7H2,2H3. The van der Waals surface area contributed by atoms with E-state index < -0.39 is 0 Å². The molecule has 1 aliphatic heterocycles. The topological polar surface area (TPSA) is 81.3 Å². The van der Waals surface area contributed by atoms with Crippen LogP contribution in [0.2, 0.25) is 0 Å². The molecule has 3 aromatic heterocycles. The van der Waals surface area contributed by atoms with Gasteiger partial charge in [0.05, 0.1) is 18.8 Å². The number of allylic oxidation sites excluding steroid dienone is 1. The zero-order valence-electron chi connectivity index (χ0n) is 12.6. The van der Waals surface area contributed by atoms with E-state index in [1.54, 1.807) is 11.3 Å². The SMILES string of the molecule is C=C(C)c1csc(C2CN(c3ccc4nnnn4n3)CCO2)n1. The van der Waals surface area contributed by atoms with E-state index in [-0.39, 0.29) is 6.10 Å². The first-order valence-electron chi connectivity index (χ1n) is 7.24. The molecule has 23 heavy (non-hydrogen) atoms. The molecule has 0 bridgehead atoms. The third-order valence-electron chi connectivity index (χ3n) is 3.68. The van der Waals surface area contributed by atoms with Crippen LogP contribution in [0.15, 0.2) is 24.1 Å². The average Bonchev–Trinajstić information content (AvgIpc) is 3.23. The van der Waals surface area contributed by atoms with Gasteiger partial charge >= 0.3 is 0 Å². The van der Waals surface area contributed by atoms with Crippen LogP contribution in [0.5, 0.6) is 0 Å². The summed E-state index contributed by atoms with van der Waals surface area (Å²) in [5.74, 6) is 0.829. The molecule has 0 radical (unpaired) electrons. The average molecular weight is 329 g/mol. The van der Waals surface area contributed by atoms with Gasteiger partial charge in [-0.3, -0.25) is 0 Å². The minimum absolute atomic E-state index is 0.0618. The molecule has 1 saturated heterocycles. The Hall–Kier alpha value is -2.39. The number of hydrogen-bond donors (Lipinski definition) is 0. The molecule has 4 rings (SSSR count). The number of anilines is 1. The molecule has 0 saturated carbocycles. The number of aromatic nitrogens is 6. The molecule has 9 heteroatoms. The van der Waals surface area contributed by atoms with Gasteiger partial charge in [0.1, 0.15) is 11.1 Å². The van der Waals surface area contributed by atoms with Crippen LogP contribution in [0.25, 0.3) is 11.2 Å². The summed E-state index contributed by atoms with van der Waals surface area (Å²) >= 11 is 1.60. The van der Waals surface area contributed by atoms with Crippen LogP contribution < -0.4 is 4.90 Å². The van der Waals surface area contributed by atoms with E-state index in [2.05, 4.69) is 37.1 Å². The molecule has 118 valence electrons. The number of tetrazole rings is 1. The molecule has 0 aromatic carbocycles. The molecular formula is C14H15N7OS. The van der Waals surface area contributed by atoms with Crippen molar-refractivity contribution < 1.29 is 4.74 Å². The third-order valence-corrected chi connectivity index (χ3v) is 4.62. The molecule has 1 fully saturated rings. The first-order chi connectivity index (χ1) is 11.2. The van der Waals surface area contributed by atoms with Crippen molar-refractivity contribution >= 4 is 28.4 Å². The fourth-order valence-corrected chi connectivity index (χ4v) is 3.38. The number of hydrogen-bond acceptors (Lipinski definition) is 8. The maximum absolute atomic E-state index is 5.88. The maximum Gasteiger partial charge on any atom is 0.200 e. The Morgan fingerprint density at radius 3 is 3.17 bits per heavy atom. The first kappa shape index (κ1) is 14.2. The summed E-state index contributed by atoms with van der Waals surface area (Å²) in [4.78, 5) is 6.78. The van der Waals surface area contributed by atoms with Crippen LogP contribution in [0.4, 0.5) is 5.82 Å².